The molecule has 0 aromatic heterocycles. The third-order valence-corrected chi connectivity index (χ3v) is 3.76. The molecule has 1 rings (SSSR count). The summed E-state index contributed by atoms with van der Waals surface area (Å²) in [5, 5.41) is 0. The van der Waals surface area contributed by atoms with E-state index in [1.54, 1.807) is 0 Å². The maximum Gasteiger partial charge on any atom is 0.135 e. The summed E-state index contributed by atoms with van der Waals surface area (Å²) < 4.78 is 0. The predicted molar refractivity (Wildman–Crippen MR) is 68.2 cm³/mol. The molecular formula is C14H27NO. The molecule has 2 unspecified atom stereocenters. The molecule has 0 aliphatic heterocycles. The van der Waals surface area contributed by atoms with Crippen LogP contribution in [-0.4, -0.2) is 12.3 Å². The highest BCUT2D eigenvalue weighted by molar-refractivity contribution is 5.81. The van der Waals surface area contributed by atoms with E-state index >= 15 is 0 Å². The molecule has 16 heavy (non-hydrogen) atoms. The van der Waals surface area contributed by atoms with Crippen LogP contribution < -0.4 is 5.73 Å². The van der Waals surface area contributed by atoms with Crippen LogP contribution in [0.15, 0.2) is 0 Å². The molecule has 1 fully saturated rings. The van der Waals surface area contributed by atoms with Gasteiger partial charge in [-0.15, -0.1) is 0 Å². The van der Waals surface area contributed by atoms with Crippen LogP contribution >= 0.6 is 0 Å². The number of ketones is 1. The van der Waals surface area contributed by atoms with Crippen LogP contribution in [-0.2, 0) is 4.79 Å². The van der Waals surface area contributed by atoms with E-state index in [4.69, 9.17) is 5.73 Å². The Labute approximate surface area is 100.0 Å². The molecule has 2 N–H and O–H groups in total. The van der Waals surface area contributed by atoms with Crippen molar-refractivity contribution in [2.24, 2.45) is 23.5 Å². The normalized spacial score (nSPS) is 30.3. The lowest BCUT2D eigenvalue weighted by Crippen LogP contribution is -2.25. The van der Waals surface area contributed by atoms with Crippen molar-refractivity contribution in [1.29, 1.82) is 0 Å². The molecule has 2 heteroatoms. The van der Waals surface area contributed by atoms with Crippen molar-refractivity contribution in [3.05, 3.63) is 0 Å². The quantitative estimate of drug-likeness (QED) is 0.706. The number of Topliss-reactive ketones (excluding diaryl/α,β-unsaturated/α-hetero) is 1. The maximum atomic E-state index is 12.0. The number of unbranched alkanes of at least 4 members (excludes halogenated alkanes) is 2. The average Bonchev–Trinajstić information content (AvgIpc) is 2.22. The van der Waals surface area contributed by atoms with Gasteiger partial charge in [0.15, 0.2) is 0 Å². The fourth-order valence-corrected chi connectivity index (χ4v) is 3.03. The molecule has 0 amide bonds. The van der Waals surface area contributed by atoms with Gasteiger partial charge in [-0.1, -0.05) is 20.3 Å². The molecule has 0 saturated heterocycles. The second-order valence-electron chi connectivity index (χ2n) is 5.68. The predicted octanol–water partition coefficient (Wildman–Crippen LogP) is 3.15. The first-order valence-electron chi connectivity index (χ1n) is 6.86. The van der Waals surface area contributed by atoms with Crippen LogP contribution in [0.5, 0.6) is 0 Å². The minimum Gasteiger partial charge on any atom is -0.330 e. The Morgan fingerprint density at radius 2 is 1.69 bits per heavy atom. The average molecular weight is 225 g/mol. The summed E-state index contributed by atoms with van der Waals surface area (Å²) in [5.41, 5.74) is 5.44. The highest BCUT2D eigenvalue weighted by atomic mass is 16.1. The third kappa shape index (κ3) is 4.65. The first-order valence-corrected chi connectivity index (χ1v) is 6.86. The zero-order chi connectivity index (χ0) is 12.0. The molecule has 2 atom stereocenters. The van der Waals surface area contributed by atoms with E-state index < -0.39 is 0 Å². The number of hydrogen-bond acceptors (Lipinski definition) is 2. The summed E-state index contributed by atoms with van der Waals surface area (Å²) in [5.74, 6) is 2.34. The molecular weight excluding hydrogens is 198 g/mol. The summed E-state index contributed by atoms with van der Waals surface area (Å²) in [6.07, 6.45) is 7.54. The van der Waals surface area contributed by atoms with Gasteiger partial charge in [0.25, 0.3) is 0 Å². The van der Waals surface area contributed by atoms with Crippen molar-refractivity contribution in [1.82, 2.24) is 0 Å². The van der Waals surface area contributed by atoms with Crippen LogP contribution in [0, 0.1) is 17.8 Å². The molecule has 0 aromatic rings. The zero-order valence-electron chi connectivity index (χ0n) is 10.9. The van der Waals surface area contributed by atoms with E-state index in [-0.39, 0.29) is 0 Å². The summed E-state index contributed by atoms with van der Waals surface area (Å²) >= 11 is 0. The molecule has 1 aliphatic carbocycles. The van der Waals surface area contributed by atoms with E-state index in [2.05, 4.69) is 13.8 Å². The maximum absolute atomic E-state index is 12.0. The molecule has 0 radical (unpaired) electrons. The summed E-state index contributed by atoms with van der Waals surface area (Å²) in [6.45, 7) is 5.32. The molecule has 0 aromatic carbocycles. The van der Waals surface area contributed by atoms with Crippen molar-refractivity contribution >= 4 is 5.78 Å². The van der Waals surface area contributed by atoms with Gasteiger partial charge < -0.3 is 5.73 Å². The lowest BCUT2D eigenvalue weighted by atomic mass is 9.74. The van der Waals surface area contributed by atoms with Crippen LogP contribution in [0.4, 0.5) is 0 Å². The second kappa shape index (κ2) is 7.05. The highest BCUT2D eigenvalue weighted by Gasteiger charge is 2.28. The Hall–Kier alpha value is -0.370. The van der Waals surface area contributed by atoms with Gasteiger partial charge in [-0.25, -0.2) is 0 Å². The van der Waals surface area contributed by atoms with Gasteiger partial charge in [0, 0.05) is 12.3 Å². The van der Waals surface area contributed by atoms with E-state index in [9.17, 15) is 4.79 Å². The van der Waals surface area contributed by atoms with Gasteiger partial charge in [0.1, 0.15) is 5.78 Å². The van der Waals surface area contributed by atoms with Crippen molar-refractivity contribution in [2.75, 3.05) is 6.54 Å². The summed E-state index contributed by atoms with van der Waals surface area (Å²) in [6, 6.07) is 0. The topological polar surface area (TPSA) is 43.1 Å². The van der Waals surface area contributed by atoms with Gasteiger partial charge in [-0.3, -0.25) is 4.79 Å². The fourth-order valence-electron chi connectivity index (χ4n) is 3.03. The van der Waals surface area contributed by atoms with Gasteiger partial charge in [-0.2, -0.15) is 0 Å². The first kappa shape index (κ1) is 13.7. The Bertz CT molecular complexity index is 205. The molecule has 0 heterocycles. The van der Waals surface area contributed by atoms with Crippen molar-refractivity contribution in [3.8, 4) is 0 Å². The van der Waals surface area contributed by atoms with Crippen molar-refractivity contribution < 1.29 is 4.79 Å². The number of carbonyl (C=O) groups is 1. The monoisotopic (exact) mass is 225 g/mol. The third-order valence-electron chi connectivity index (χ3n) is 3.76. The molecule has 1 aliphatic rings. The number of hydrogen-bond donors (Lipinski definition) is 1. The minimum atomic E-state index is 0.358. The molecule has 0 spiro atoms. The number of nitrogens with two attached hydrogens (primary N) is 1. The molecule has 94 valence electrons. The van der Waals surface area contributed by atoms with Crippen LogP contribution in [0.3, 0.4) is 0 Å². The van der Waals surface area contributed by atoms with Crippen LogP contribution in [0.25, 0.3) is 0 Å². The molecule has 2 nitrogen and oxygen atoms in total. The SMILES string of the molecule is CC1CC(C)CC(C(=O)CCCCCN)C1. The second-order valence-corrected chi connectivity index (χ2v) is 5.68. The summed E-state index contributed by atoms with van der Waals surface area (Å²) in [7, 11) is 0. The lowest BCUT2D eigenvalue weighted by molar-refractivity contribution is -0.124. The van der Waals surface area contributed by atoms with E-state index in [1.165, 1.54) is 6.42 Å². The largest absolute Gasteiger partial charge is 0.330 e. The number of rotatable bonds is 6. The lowest BCUT2D eigenvalue weighted by Gasteiger charge is -2.30. The van der Waals surface area contributed by atoms with Crippen molar-refractivity contribution in [2.45, 2.75) is 58.8 Å². The van der Waals surface area contributed by atoms with E-state index in [0.29, 0.717) is 11.7 Å². The van der Waals surface area contributed by atoms with Gasteiger partial charge in [0.2, 0.25) is 0 Å². The smallest absolute Gasteiger partial charge is 0.135 e. The Morgan fingerprint density at radius 1 is 1.06 bits per heavy atom. The standard InChI is InChI=1S/C14H27NO/c1-11-8-12(2)10-13(9-11)14(16)6-4-3-5-7-15/h11-13H,3-10,15H2,1-2H3. The van der Waals surface area contributed by atoms with E-state index in [1.807, 2.05) is 0 Å². The zero-order valence-corrected chi connectivity index (χ0v) is 10.9. The Kier molecular flexibility index (Phi) is 6.04. The molecule has 1 saturated carbocycles. The Balaban J connectivity index is 2.24. The van der Waals surface area contributed by atoms with Gasteiger partial charge in [-0.05, 0) is 50.5 Å². The van der Waals surface area contributed by atoms with Gasteiger partial charge in [0.05, 0.1) is 0 Å². The fraction of sp³-hybridized carbons (Fsp3) is 0.929. The van der Waals surface area contributed by atoms with Gasteiger partial charge >= 0.3 is 0 Å². The Morgan fingerprint density at radius 3 is 2.25 bits per heavy atom. The molecule has 0 bridgehead atoms. The van der Waals surface area contributed by atoms with Crippen LogP contribution in [0.1, 0.15) is 58.8 Å². The summed E-state index contributed by atoms with van der Waals surface area (Å²) in [4.78, 5) is 12.0. The highest BCUT2D eigenvalue weighted by Crippen LogP contribution is 2.34. The van der Waals surface area contributed by atoms with Crippen LogP contribution in [0.2, 0.25) is 0 Å². The number of carbonyl (C=O) groups excluding carboxylic acids is 1. The first-order chi connectivity index (χ1) is 7.63. The van der Waals surface area contributed by atoms with E-state index in [0.717, 1.165) is 56.9 Å². The van der Waals surface area contributed by atoms with Crippen molar-refractivity contribution in [3.63, 3.8) is 0 Å². The minimum absolute atomic E-state index is 0.358.